The van der Waals surface area contributed by atoms with Gasteiger partial charge in [0.15, 0.2) is 11.8 Å². The van der Waals surface area contributed by atoms with E-state index in [9.17, 15) is 9.59 Å². The van der Waals surface area contributed by atoms with Gasteiger partial charge in [-0.05, 0) is 91.9 Å². The highest BCUT2D eigenvalue weighted by Gasteiger charge is 2.45. The number of likely N-dealkylation sites (tertiary alicyclic amines) is 2. The maximum Gasteiger partial charge on any atom is 0.246 e. The highest BCUT2D eigenvalue weighted by atomic mass is 16.5. The van der Waals surface area contributed by atoms with Crippen molar-refractivity contribution in [1.29, 1.82) is 0 Å². The number of hydrogen-bond acceptors (Lipinski definition) is 12. The van der Waals surface area contributed by atoms with Crippen LogP contribution in [-0.4, -0.2) is 103 Å². The molecule has 15 nitrogen and oxygen atoms in total. The summed E-state index contributed by atoms with van der Waals surface area (Å²) in [6, 6.07) is 15.3. The Morgan fingerprint density at radius 1 is 0.830 bits per heavy atom. The number of benzene rings is 2. The molecule has 270 valence electrons. The fourth-order valence-corrected chi connectivity index (χ4v) is 7.72. The zero-order valence-corrected chi connectivity index (χ0v) is 29.2. The van der Waals surface area contributed by atoms with E-state index in [1.54, 1.807) is 4.90 Å². The number of carbonyl (C=O) groups is 2. The van der Waals surface area contributed by atoms with Crippen molar-refractivity contribution < 1.29 is 14.3 Å². The maximum absolute atomic E-state index is 12.4. The number of piperidine rings is 2. The number of nitrogen functional groups attached to an aromatic ring is 1. The molecule has 2 fully saturated rings. The van der Waals surface area contributed by atoms with Crippen LogP contribution >= 0.6 is 0 Å². The third-order valence-electron chi connectivity index (χ3n) is 10.3. The average Bonchev–Trinajstić information content (AvgIpc) is 3.79. The molecule has 0 saturated carbocycles. The van der Waals surface area contributed by atoms with Gasteiger partial charge in [-0.15, -0.1) is 0 Å². The van der Waals surface area contributed by atoms with Crippen molar-refractivity contribution >= 4 is 46.6 Å². The molecule has 2 aromatic heterocycles. The molecule has 2 saturated heterocycles. The molecule has 4 atom stereocenters. The maximum atomic E-state index is 12.4. The van der Waals surface area contributed by atoms with Gasteiger partial charge in [0.25, 0.3) is 0 Å². The summed E-state index contributed by atoms with van der Waals surface area (Å²) in [5, 5.41) is 12.7. The summed E-state index contributed by atoms with van der Waals surface area (Å²) < 4.78 is 8.12. The molecular weight excluding hydrogens is 672 g/mol. The Morgan fingerprint density at radius 2 is 1.45 bits per heavy atom. The van der Waals surface area contributed by atoms with E-state index in [0.29, 0.717) is 66.1 Å². The minimum atomic E-state index is -0.329. The van der Waals surface area contributed by atoms with Gasteiger partial charge >= 0.3 is 0 Å². The van der Waals surface area contributed by atoms with Gasteiger partial charge in [-0.1, -0.05) is 13.2 Å². The minimum absolute atomic E-state index is 0.00683. The number of fused-ring (bicyclic) bond motifs is 2. The summed E-state index contributed by atoms with van der Waals surface area (Å²) in [5.74, 6) is 1.59. The van der Waals surface area contributed by atoms with E-state index >= 15 is 0 Å². The number of amidine groups is 1. The lowest BCUT2D eigenvalue weighted by Crippen LogP contribution is -2.52. The van der Waals surface area contributed by atoms with Crippen molar-refractivity contribution in [2.24, 2.45) is 26.7 Å². The smallest absolute Gasteiger partial charge is 0.246 e. The number of anilines is 1. The molecule has 4 aromatic rings. The number of rotatable bonds is 8. The summed E-state index contributed by atoms with van der Waals surface area (Å²) >= 11 is 0. The number of hydrazone groups is 1. The molecule has 0 bridgehead atoms. The summed E-state index contributed by atoms with van der Waals surface area (Å²) in [6.07, 6.45) is 8.76. The van der Waals surface area contributed by atoms with Crippen LogP contribution in [0.25, 0.3) is 22.3 Å². The van der Waals surface area contributed by atoms with Crippen molar-refractivity contribution in [2.75, 3.05) is 31.9 Å². The minimum Gasteiger partial charge on any atom is -0.457 e. The molecule has 2 unspecified atom stereocenters. The van der Waals surface area contributed by atoms with E-state index in [-0.39, 0.29) is 36.0 Å². The first kappa shape index (κ1) is 33.7. The lowest BCUT2D eigenvalue weighted by molar-refractivity contribution is -0.128. The van der Waals surface area contributed by atoms with Crippen LogP contribution in [0.5, 0.6) is 11.5 Å². The van der Waals surface area contributed by atoms with E-state index in [1.807, 2.05) is 63.1 Å². The number of nitrogens with zero attached hydrogens (tertiary/aromatic N) is 10. The predicted octanol–water partition coefficient (Wildman–Crippen LogP) is 3.76. The van der Waals surface area contributed by atoms with Gasteiger partial charge in [-0.2, -0.15) is 10.2 Å². The normalized spacial score (nSPS) is 22.6. The van der Waals surface area contributed by atoms with Crippen LogP contribution in [0, 0.1) is 5.92 Å². The lowest BCUT2D eigenvalue weighted by atomic mass is 9.92. The first-order valence-corrected chi connectivity index (χ1v) is 17.7. The van der Waals surface area contributed by atoms with Crippen molar-refractivity contribution in [3.63, 3.8) is 0 Å². The lowest BCUT2D eigenvalue weighted by Gasteiger charge is -2.38. The number of nitrogens with two attached hydrogens (primary N) is 2. The fraction of sp³-hybridized carbons (Fsp3) is 0.316. The zero-order chi connectivity index (χ0) is 36.6. The van der Waals surface area contributed by atoms with E-state index in [0.717, 1.165) is 42.5 Å². The van der Waals surface area contributed by atoms with Gasteiger partial charge < -0.3 is 26.0 Å². The van der Waals surface area contributed by atoms with Crippen LogP contribution in [0.15, 0.2) is 95.3 Å². The number of carbonyl (C=O) groups excluding carboxylic acids is 2. The summed E-state index contributed by atoms with van der Waals surface area (Å²) in [5.41, 5.74) is 16.6. The van der Waals surface area contributed by atoms with E-state index in [1.165, 1.54) is 24.8 Å². The van der Waals surface area contributed by atoms with Gasteiger partial charge in [0.1, 0.15) is 47.4 Å². The molecule has 0 aliphatic carbocycles. The quantitative estimate of drug-likeness (QED) is 0.257. The molecule has 8 rings (SSSR count). The van der Waals surface area contributed by atoms with Crippen LogP contribution < -0.4 is 16.2 Å². The van der Waals surface area contributed by atoms with Gasteiger partial charge in [-0.3, -0.25) is 14.6 Å². The van der Waals surface area contributed by atoms with Crippen molar-refractivity contribution in [2.45, 2.75) is 43.9 Å². The molecule has 0 spiro atoms. The van der Waals surface area contributed by atoms with Gasteiger partial charge in [0.05, 0.1) is 23.2 Å². The molecular formula is C38H40N12O3. The highest BCUT2D eigenvalue weighted by Crippen LogP contribution is 2.36. The van der Waals surface area contributed by atoms with E-state index < -0.39 is 0 Å². The Labute approximate surface area is 306 Å². The molecule has 15 heteroatoms. The third kappa shape index (κ3) is 6.27. The molecule has 0 radical (unpaired) electrons. The van der Waals surface area contributed by atoms with Crippen molar-refractivity contribution in [1.82, 2.24) is 34.6 Å². The van der Waals surface area contributed by atoms with Crippen molar-refractivity contribution in [3.8, 4) is 22.8 Å². The van der Waals surface area contributed by atoms with Gasteiger partial charge in [0.2, 0.25) is 11.8 Å². The predicted molar refractivity (Wildman–Crippen MR) is 202 cm³/mol. The number of aromatic nitrogens is 4. The number of aliphatic imine (C=N–C) groups is 2. The molecule has 4 aliphatic rings. The van der Waals surface area contributed by atoms with Crippen LogP contribution in [0.1, 0.15) is 37.3 Å². The zero-order valence-electron chi connectivity index (χ0n) is 29.2. The third-order valence-corrected chi connectivity index (χ3v) is 10.3. The van der Waals surface area contributed by atoms with Crippen LogP contribution in [-0.2, 0) is 9.59 Å². The second kappa shape index (κ2) is 14.0. The van der Waals surface area contributed by atoms with Crippen LogP contribution in [0.4, 0.5) is 5.82 Å². The first-order chi connectivity index (χ1) is 25.8. The second-order valence-corrected chi connectivity index (χ2v) is 13.5. The molecule has 53 heavy (non-hydrogen) atoms. The number of hydrogen-bond donors (Lipinski definition) is 2. The highest BCUT2D eigenvalue weighted by molar-refractivity contribution is 6.17. The summed E-state index contributed by atoms with van der Waals surface area (Å²) in [7, 11) is 0. The largest absolute Gasteiger partial charge is 0.457 e. The van der Waals surface area contributed by atoms with Crippen LogP contribution in [0.2, 0.25) is 0 Å². The fourth-order valence-electron chi connectivity index (χ4n) is 7.72. The second-order valence-electron chi connectivity index (χ2n) is 13.5. The van der Waals surface area contributed by atoms with Gasteiger partial charge in [0, 0.05) is 31.7 Å². The Balaban J connectivity index is 1.01. The molecule has 2 aromatic carbocycles. The van der Waals surface area contributed by atoms with Crippen LogP contribution in [0.3, 0.4) is 0 Å². The summed E-state index contributed by atoms with van der Waals surface area (Å²) in [4.78, 5) is 46.1. The number of ether oxygens (including phenoxy) is 1. The first-order valence-electron chi connectivity index (χ1n) is 17.7. The van der Waals surface area contributed by atoms with E-state index in [2.05, 4.69) is 33.1 Å². The Morgan fingerprint density at radius 3 is 2.11 bits per heavy atom. The van der Waals surface area contributed by atoms with Gasteiger partial charge in [-0.25, -0.2) is 24.6 Å². The van der Waals surface area contributed by atoms with Crippen molar-refractivity contribution in [3.05, 3.63) is 85.7 Å². The summed E-state index contributed by atoms with van der Waals surface area (Å²) in [6.45, 7) is 9.72. The topological polar surface area (TPSA) is 186 Å². The average molecular weight is 713 g/mol. The molecule has 4 N–H and O–H groups in total. The molecule has 4 aliphatic heterocycles. The standard InChI is InChI=1S/C38H40N12O3/c1-3-29(51)47-17-5-7-25(19-47)49-37-31(35(39)41-21-43-37)33(45-49)23-9-13-27(14-10-23)53-28-15-11-24(12-16-28)34-32-36(40)42-22-44-38(32)50(46-34)26-8-6-18-48(20-26)30(52)4-2/h3-4,9-16,21-22,25-26,31,37H,1-2,5-8,17-20H2,(H2,39,41,43)(H2,40,42,44)/t25-,26-,31?,37?/m1/s1. The monoisotopic (exact) mass is 712 g/mol. The molecule has 6 heterocycles. The Kier molecular flexibility index (Phi) is 8.90. The Bertz CT molecular complexity index is 2170. The number of amides is 2. The molecule has 2 amide bonds. The SMILES string of the molecule is C=CC(=O)N1CCC[C@@H](N2N=C(c3ccc(Oc4ccc(-c5nn([C@@H]6CCCN(C(=O)C=C)C6)c6ncnc(N)c56)cc4)cc3)C3C(N)=NC=NC32)C1. The van der Waals surface area contributed by atoms with E-state index in [4.69, 9.17) is 26.4 Å². The Hall–Kier alpha value is -6.38.